The van der Waals surface area contributed by atoms with Crippen LogP contribution in [0.3, 0.4) is 0 Å². The van der Waals surface area contributed by atoms with Crippen LogP contribution in [0.15, 0.2) is 54.6 Å². The summed E-state index contributed by atoms with van der Waals surface area (Å²) in [7, 11) is 1.65. The Morgan fingerprint density at radius 1 is 1.09 bits per heavy atom. The van der Waals surface area contributed by atoms with Gasteiger partial charge in [0.25, 0.3) is 0 Å². The number of aliphatic hydroxyl groups excluding tert-OH is 1. The van der Waals surface area contributed by atoms with E-state index in [1.807, 2.05) is 54.6 Å². The summed E-state index contributed by atoms with van der Waals surface area (Å²) >= 11 is 0. The molecular formula is C19H22O4. The Kier molecular flexibility index (Phi) is 5.28. The van der Waals surface area contributed by atoms with Crippen LogP contribution in [0.2, 0.25) is 0 Å². The molecule has 1 fully saturated rings. The second-order valence-electron chi connectivity index (χ2n) is 5.73. The molecule has 0 aliphatic carbocycles. The molecule has 3 rings (SSSR count). The molecule has 122 valence electrons. The molecule has 0 saturated carbocycles. The van der Waals surface area contributed by atoms with E-state index < -0.39 is 6.10 Å². The fraction of sp³-hybridized carbons (Fsp3) is 0.368. The van der Waals surface area contributed by atoms with Crippen LogP contribution in [0.1, 0.15) is 23.7 Å². The highest BCUT2D eigenvalue weighted by Crippen LogP contribution is 2.31. The van der Waals surface area contributed by atoms with Crippen molar-refractivity contribution in [2.45, 2.75) is 31.3 Å². The van der Waals surface area contributed by atoms with Crippen molar-refractivity contribution >= 4 is 0 Å². The van der Waals surface area contributed by atoms with Crippen molar-refractivity contribution in [2.75, 3.05) is 13.7 Å². The average Bonchev–Trinajstić information content (AvgIpc) is 2.62. The lowest BCUT2D eigenvalue weighted by atomic mass is 9.97. The highest BCUT2D eigenvalue weighted by molar-refractivity contribution is 5.28. The molecule has 4 nitrogen and oxygen atoms in total. The van der Waals surface area contributed by atoms with E-state index in [-0.39, 0.29) is 18.8 Å². The van der Waals surface area contributed by atoms with E-state index in [0.29, 0.717) is 13.0 Å². The molecule has 2 aromatic carbocycles. The highest BCUT2D eigenvalue weighted by Gasteiger charge is 2.31. The van der Waals surface area contributed by atoms with Gasteiger partial charge in [0.1, 0.15) is 11.9 Å². The maximum Gasteiger partial charge on any atom is 0.118 e. The second kappa shape index (κ2) is 7.59. The van der Waals surface area contributed by atoms with Gasteiger partial charge in [-0.2, -0.15) is 0 Å². The number of aliphatic hydroxyl groups is 1. The minimum atomic E-state index is -0.590. The molecule has 0 aromatic heterocycles. The van der Waals surface area contributed by atoms with Crippen molar-refractivity contribution in [3.63, 3.8) is 0 Å². The van der Waals surface area contributed by atoms with Gasteiger partial charge in [0.05, 0.1) is 32.5 Å². The molecule has 4 heteroatoms. The van der Waals surface area contributed by atoms with Crippen LogP contribution in [0, 0.1) is 0 Å². The van der Waals surface area contributed by atoms with E-state index in [9.17, 15) is 5.11 Å². The summed E-state index contributed by atoms with van der Waals surface area (Å²) in [6.45, 7) is 0.786. The first kappa shape index (κ1) is 16.0. The Hall–Kier alpha value is -1.88. The van der Waals surface area contributed by atoms with Gasteiger partial charge in [0.15, 0.2) is 0 Å². The van der Waals surface area contributed by atoms with Crippen LogP contribution in [-0.2, 0) is 16.1 Å². The minimum Gasteiger partial charge on any atom is -0.497 e. The van der Waals surface area contributed by atoms with Gasteiger partial charge in [0.2, 0.25) is 0 Å². The van der Waals surface area contributed by atoms with Crippen LogP contribution >= 0.6 is 0 Å². The number of methoxy groups -OCH3 is 1. The van der Waals surface area contributed by atoms with E-state index in [0.717, 1.165) is 16.9 Å². The molecule has 2 aromatic rings. The monoisotopic (exact) mass is 314 g/mol. The molecule has 0 bridgehead atoms. The molecule has 1 saturated heterocycles. The molecule has 1 aliphatic heterocycles. The van der Waals surface area contributed by atoms with Crippen molar-refractivity contribution in [1.82, 2.24) is 0 Å². The second-order valence-corrected chi connectivity index (χ2v) is 5.73. The predicted molar refractivity (Wildman–Crippen MR) is 87.3 cm³/mol. The number of benzene rings is 2. The zero-order valence-electron chi connectivity index (χ0n) is 13.2. The zero-order chi connectivity index (χ0) is 16.1. The Morgan fingerprint density at radius 3 is 2.52 bits per heavy atom. The Bertz CT molecular complexity index is 597. The molecule has 23 heavy (non-hydrogen) atoms. The summed E-state index contributed by atoms with van der Waals surface area (Å²) in [6.07, 6.45) is -0.241. The Balaban J connectivity index is 1.61. The summed E-state index contributed by atoms with van der Waals surface area (Å²) in [5.74, 6) is 0.821. The summed E-state index contributed by atoms with van der Waals surface area (Å²) < 4.78 is 16.9. The molecule has 1 N–H and O–H groups in total. The maximum absolute atomic E-state index is 10.1. The summed E-state index contributed by atoms with van der Waals surface area (Å²) in [5, 5.41) is 10.1. The number of hydrogen-bond donors (Lipinski definition) is 1. The van der Waals surface area contributed by atoms with E-state index >= 15 is 0 Å². The quantitative estimate of drug-likeness (QED) is 0.921. The van der Waals surface area contributed by atoms with E-state index in [1.165, 1.54) is 0 Å². The molecule has 1 aliphatic rings. The fourth-order valence-electron chi connectivity index (χ4n) is 2.77. The lowest BCUT2D eigenvalue weighted by Gasteiger charge is -2.33. The number of ether oxygens (including phenoxy) is 3. The molecule has 3 atom stereocenters. The Labute approximate surface area is 136 Å². The third-order valence-electron chi connectivity index (χ3n) is 4.14. The molecule has 1 heterocycles. The minimum absolute atomic E-state index is 0.0647. The smallest absolute Gasteiger partial charge is 0.118 e. The first-order valence-corrected chi connectivity index (χ1v) is 7.85. The number of rotatable bonds is 5. The largest absolute Gasteiger partial charge is 0.497 e. The Morgan fingerprint density at radius 2 is 1.83 bits per heavy atom. The van der Waals surface area contributed by atoms with Gasteiger partial charge in [-0.3, -0.25) is 0 Å². The standard InChI is InChI=1S/C19H22O4/c1-21-16-9-7-15(8-10-16)18-11-19(17(20)13-23-18)22-12-14-5-3-2-4-6-14/h2-10,17-20H,11-13H2,1H3/t17-,18+,19-/m1/s1. The van der Waals surface area contributed by atoms with Crippen molar-refractivity contribution in [3.05, 3.63) is 65.7 Å². The normalized spacial score (nSPS) is 24.3. The van der Waals surface area contributed by atoms with E-state index in [4.69, 9.17) is 14.2 Å². The summed E-state index contributed by atoms with van der Waals surface area (Å²) in [6, 6.07) is 17.8. The topological polar surface area (TPSA) is 47.9 Å². The molecule has 0 spiro atoms. The van der Waals surface area contributed by atoms with Gasteiger partial charge in [0, 0.05) is 6.42 Å². The van der Waals surface area contributed by atoms with E-state index in [1.54, 1.807) is 7.11 Å². The molecular weight excluding hydrogens is 292 g/mol. The van der Waals surface area contributed by atoms with Crippen LogP contribution in [0.4, 0.5) is 0 Å². The summed E-state index contributed by atoms with van der Waals surface area (Å²) in [5.41, 5.74) is 2.18. The third-order valence-corrected chi connectivity index (χ3v) is 4.14. The van der Waals surface area contributed by atoms with Crippen molar-refractivity contribution in [1.29, 1.82) is 0 Å². The highest BCUT2D eigenvalue weighted by atomic mass is 16.5. The van der Waals surface area contributed by atoms with Gasteiger partial charge < -0.3 is 19.3 Å². The van der Waals surface area contributed by atoms with Crippen LogP contribution < -0.4 is 4.74 Å². The SMILES string of the molecule is COc1ccc([C@@H]2C[C@@H](OCc3ccccc3)[C@H](O)CO2)cc1. The van der Waals surface area contributed by atoms with Gasteiger partial charge in [-0.25, -0.2) is 0 Å². The lowest BCUT2D eigenvalue weighted by molar-refractivity contribution is -0.148. The maximum atomic E-state index is 10.1. The van der Waals surface area contributed by atoms with Gasteiger partial charge in [-0.15, -0.1) is 0 Å². The molecule has 0 amide bonds. The molecule has 0 unspecified atom stereocenters. The predicted octanol–water partition coefficient (Wildman–Crippen LogP) is 3.10. The van der Waals surface area contributed by atoms with Crippen LogP contribution in [0.25, 0.3) is 0 Å². The van der Waals surface area contributed by atoms with Gasteiger partial charge in [-0.1, -0.05) is 42.5 Å². The zero-order valence-corrected chi connectivity index (χ0v) is 13.2. The number of hydrogen-bond acceptors (Lipinski definition) is 4. The van der Waals surface area contributed by atoms with Crippen molar-refractivity contribution in [3.8, 4) is 5.75 Å². The van der Waals surface area contributed by atoms with E-state index in [2.05, 4.69) is 0 Å². The fourth-order valence-corrected chi connectivity index (χ4v) is 2.77. The average molecular weight is 314 g/mol. The van der Waals surface area contributed by atoms with Gasteiger partial charge in [-0.05, 0) is 23.3 Å². The molecule has 0 radical (unpaired) electrons. The van der Waals surface area contributed by atoms with Crippen molar-refractivity contribution < 1.29 is 19.3 Å². The van der Waals surface area contributed by atoms with Gasteiger partial charge >= 0.3 is 0 Å². The third kappa shape index (κ3) is 4.10. The van der Waals surface area contributed by atoms with Crippen LogP contribution in [-0.4, -0.2) is 31.0 Å². The first-order chi connectivity index (χ1) is 11.3. The first-order valence-electron chi connectivity index (χ1n) is 7.85. The van der Waals surface area contributed by atoms with Crippen molar-refractivity contribution in [2.24, 2.45) is 0 Å². The lowest BCUT2D eigenvalue weighted by Crippen LogP contribution is -2.39. The van der Waals surface area contributed by atoms with Crippen LogP contribution in [0.5, 0.6) is 5.75 Å². The summed E-state index contributed by atoms with van der Waals surface area (Å²) in [4.78, 5) is 0.